The summed E-state index contributed by atoms with van der Waals surface area (Å²) in [5.41, 5.74) is 1.28. The zero-order valence-corrected chi connectivity index (χ0v) is 17.6. The van der Waals surface area contributed by atoms with E-state index in [9.17, 15) is 18.0 Å². The number of sulfonamides is 1. The lowest BCUT2D eigenvalue weighted by atomic mass is 10.2. The predicted octanol–water partition coefficient (Wildman–Crippen LogP) is 2.20. The highest BCUT2D eigenvalue weighted by molar-refractivity contribution is 7.89. The molecule has 1 heterocycles. The van der Waals surface area contributed by atoms with Crippen LogP contribution in [-0.2, 0) is 17.1 Å². The van der Waals surface area contributed by atoms with Crippen molar-refractivity contribution < 1.29 is 18.0 Å². The van der Waals surface area contributed by atoms with Gasteiger partial charge in [-0.2, -0.15) is 4.31 Å². The van der Waals surface area contributed by atoms with Gasteiger partial charge in [0.05, 0.1) is 0 Å². The fraction of sp³-hybridized carbons (Fsp3) is 0.400. The topological polar surface area (TPSA) is 101 Å². The van der Waals surface area contributed by atoms with Gasteiger partial charge in [0.1, 0.15) is 10.6 Å². The molecule has 8 nitrogen and oxygen atoms in total. The Hall–Kier alpha value is -2.65. The summed E-state index contributed by atoms with van der Waals surface area (Å²) in [6.07, 6.45) is 3.47. The molecule has 0 radical (unpaired) electrons. The number of hydrogen-bond acceptors (Lipinski definition) is 4. The third kappa shape index (κ3) is 4.68. The van der Waals surface area contributed by atoms with Crippen LogP contribution in [0.4, 0.5) is 5.69 Å². The number of amides is 2. The van der Waals surface area contributed by atoms with Crippen molar-refractivity contribution in [2.24, 2.45) is 7.05 Å². The fourth-order valence-electron chi connectivity index (χ4n) is 3.01. The number of anilines is 1. The number of nitrogens with one attached hydrogen (secondary N) is 2. The number of carbonyl (C=O) groups is 2. The zero-order chi connectivity index (χ0) is 21.2. The molecule has 0 bridgehead atoms. The molecule has 0 atom stereocenters. The fourth-order valence-corrected chi connectivity index (χ4v) is 4.54. The van der Waals surface area contributed by atoms with Gasteiger partial charge in [0.2, 0.25) is 10.0 Å². The monoisotopic (exact) mass is 418 g/mol. The van der Waals surface area contributed by atoms with Crippen LogP contribution in [-0.4, -0.2) is 48.2 Å². The number of hydrogen-bond donors (Lipinski definition) is 2. The van der Waals surface area contributed by atoms with Gasteiger partial charge in [0.15, 0.2) is 0 Å². The van der Waals surface area contributed by atoms with E-state index < -0.39 is 15.9 Å². The Balaban J connectivity index is 1.72. The van der Waals surface area contributed by atoms with E-state index >= 15 is 0 Å². The molecule has 1 fully saturated rings. The highest BCUT2D eigenvalue weighted by Gasteiger charge is 2.26. The van der Waals surface area contributed by atoms with Gasteiger partial charge in [-0.05, 0) is 43.2 Å². The summed E-state index contributed by atoms with van der Waals surface area (Å²) in [5.74, 6) is -0.553. The molecule has 1 aliphatic carbocycles. The molecule has 3 rings (SSSR count). The molecule has 2 N–H and O–H groups in total. The number of nitrogens with zero attached hydrogens (tertiary/aromatic N) is 2. The second kappa shape index (κ2) is 8.38. The summed E-state index contributed by atoms with van der Waals surface area (Å²) < 4.78 is 28.2. The van der Waals surface area contributed by atoms with Crippen LogP contribution in [0.15, 0.2) is 41.4 Å². The van der Waals surface area contributed by atoms with E-state index in [1.165, 1.54) is 21.1 Å². The Morgan fingerprint density at radius 2 is 1.72 bits per heavy atom. The Morgan fingerprint density at radius 3 is 2.28 bits per heavy atom. The summed E-state index contributed by atoms with van der Waals surface area (Å²) in [4.78, 5) is 24.8. The van der Waals surface area contributed by atoms with Crippen molar-refractivity contribution in [3.8, 4) is 0 Å². The highest BCUT2D eigenvalue weighted by Crippen LogP contribution is 2.21. The maximum absolute atomic E-state index is 12.7. The Labute approximate surface area is 170 Å². The molecule has 2 amide bonds. The number of rotatable bonds is 8. The van der Waals surface area contributed by atoms with E-state index in [-0.39, 0.29) is 22.5 Å². The third-order valence-corrected chi connectivity index (χ3v) is 6.89. The van der Waals surface area contributed by atoms with Crippen molar-refractivity contribution in [1.82, 2.24) is 14.2 Å². The molecule has 0 aliphatic heterocycles. The maximum atomic E-state index is 12.7. The molecule has 1 aliphatic rings. The summed E-state index contributed by atoms with van der Waals surface area (Å²) >= 11 is 0. The highest BCUT2D eigenvalue weighted by atomic mass is 32.2. The molecule has 29 heavy (non-hydrogen) atoms. The average molecular weight is 419 g/mol. The predicted molar refractivity (Wildman–Crippen MR) is 110 cm³/mol. The average Bonchev–Trinajstić information content (AvgIpc) is 3.40. The molecule has 0 unspecified atom stereocenters. The van der Waals surface area contributed by atoms with E-state index in [0.717, 1.165) is 12.8 Å². The number of aromatic nitrogens is 1. The summed E-state index contributed by atoms with van der Waals surface area (Å²) in [7, 11) is -2.01. The van der Waals surface area contributed by atoms with Gasteiger partial charge in [-0.15, -0.1) is 0 Å². The normalized spacial score (nSPS) is 14.1. The first kappa shape index (κ1) is 21.1. The molecular formula is C20H26N4O4S. The summed E-state index contributed by atoms with van der Waals surface area (Å²) in [6.45, 7) is 4.25. The van der Waals surface area contributed by atoms with Gasteiger partial charge in [0.25, 0.3) is 11.8 Å². The van der Waals surface area contributed by atoms with Crippen LogP contribution < -0.4 is 10.6 Å². The molecule has 0 spiro atoms. The lowest BCUT2D eigenvalue weighted by molar-refractivity contribution is 0.0950. The second-order valence-electron chi connectivity index (χ2n) is 7.04. The summed E-state index contributed by atoms with van der Waals surface area (Å²) in [6, 6.07) is 8.25. The van der Waals surface area contributed by atoms with Crippen LogP contribution in [0.2, 0.25) is 0 Å². The second-order valence-corrected chi connectivity index (χ2v) is 8.98. The van der Waals surface area contributed by atoms with Crippen LogP contribution in [0.3, 0.4) is 0 Å². The van der Waals surface area contributed by atoms with E-state index in [0.29, 0.717) is 24.3 Å². The minimum Gasteiger partial charge on any atom is -0.349 e. The van der Waals surface area contributed by atoms with Crippen LogP contribution >= 0.6 is 0 Å². The van der Waals surface area contributed by atoms with Crippen molar-refractivity contribution in [2.75, 3.05) is 18.4 Å². The minimum atomic E-state index is -3.64. The SMILES string of the molecule is CCN(CC)S(=O)(=O)c1cc(C(=O)Nc2ccc(C(=O)NC3CC3)cc2)n(C)c1. The van der Waals surface area contributed by atoms with Crippen molar-refractivity contribution >= 4 is 27.5 Å². The van der Waals surface area contributed by atoms with Crippen LogP contribution in [0, 0.1) is 0 Å². The molecule has 0 saturated heterocycles. The molecular weight excluding hydrogens is 392 g/mol. The van der Waals surface area contributed by atoms with Crippen LogP contribution in [0.1, 0.15) is 47.5 Å². The molecule has 9 heteroatoms. The molecule has 1 aromatic carbocycles. The Kier molecular flexibility index (Phi) is 6.09. The molecule has 1 saturated carbocycles. The largest absolute Gasteiger partial charge is 0.349 e. The van der Waals surface area contributed by atoms with E-state index in [1.54, 1.807) is 45.2 Å². The third-order valence-electron chi connectivity index (χ3n) is 4.87. The van der Waals surface area contributed by atoms with E-state index in [2.05, 4.69) is 10.6 Å². The van der Waals surface area contributed by atoms with Gasteiger partial charge in [-0.3, -0.25) is 9.59 Å². The van der Waals surface area contributed by atoms with Crippen molar-refractivity contribution in [1.29, 1.82) is 0 Å². The van der Waals surface area contributed by atoms with Gasteiger partial charge in [-0.1, -0.05) is 13.8 Å². The lowest BCUT2D eigenvalue weighted by Crippen LogP contribution is -2.30. The zero-order valence-electron chi connectivity index (χ0n) is 16.8. The first-order valence-electron chi connectivity index (χ1n) is 9.65. The standard InChI is InChI=1S/C20H26N4O4S/c1-4-24(5-2)29(27,28)17-12-18(23(3)13-17)20(26)22-15-8-6-14(7-9-15)19(25)21-16-10-11-16/h6-9,12-13,16H,4-5,10-11H2,1-3H3,(H,21,25)(H,22,26). The van der Waals surface area contributed by atoms with Crippen molar-refractivity contribution in [3.05, 3.63) is 47.8 Å². The van der Waals surface area contributed by atoms with Crippen molar-refractivity contribution in [2.45, 2.75) is 37.6 Å². The minimum absolute atomic E-state index is 0.0842. The Bertz CT molecular complexity index is 1000. The smallest absolute Gasteiger partial charge is 0.272 e. The van der Waals surface area contributed by atoms with E-state index in [4.69, 9.17) is 0 Å². The lowest BCUT2D eigenvalue weighted by Gasteiger charge is -2.17. The molecule has 156 valence electrons. The van der Waals surface area contributed by atoms with Crippen LogP contribution in [0.5, 0.6) is 0 Å². The first-order valence-corrected chi connectivity index (χ1v) is 11.1. The maximum Gasteiger partial charge on any atom is 0.272 e. The van der Waals surface area contributed by atoms with E-state index in [1.807, 2.05) is 0 Å². The first-order chi connectivity index (χ1) is 13.8. The van der Waals surface area contributed by atoms with Gasteiger partial charge < -0.3 is 15.2 Å². The summed E-state index contributed by atoms with van der Waals surface area (Å²) in [5, 5.41) is 5.65. The van der Waals surface area contributed by atoms with Gasteiger partial charge in [0, 0.05) is 43.6 Å². The molecule has 1 aromatic heterocycles. The number of benzene rings is 1. The van der Waals surface area contributed by atoms with Crippen LogP contribution in [0.25, 0.3) is 0 Å². The molecule has 2 aromatic rings. The van der Waals surface area contributed by atoms with Gasteiger partial charge in [-0.25, -0.2) is 8.42 Å². The quantitative estimate of drug-likeness (QED) is 0.686. The number of carbonyl (C=O) groups excluding carboxylic acids is 2. The van der Waals surface area contributed by atoms with Crippen molar-refractivity contribution in [3.63, 3.8) is 0 Å². The Morgan fingerprint density at radius 1 is 1.10 bits per heavy atom. The van der Waals surface area contributed by atoms with Gasteiger partial charge >= 0.3 is 0 Å². The number of aryl methyl sites for hydroxylation is 1.